The molecule has 0 radical (unpaired) electrons. The first-order valence-corrected chi connectivity index (χ1v) is 15.0. The van der Waals surface area contributed by atoms with Gasteiger partial charge in [-0.1, -0.05) is 60.7 Å². The largest absolute Gasteiger partial charge is 0.508 e. The van der Waals surface area contributed by atoms with E-state index in [-0.39, 0.29) is 49.7 Å². The second-order valence-corrected chi connectivity index (χ2v) is 11.7. The van der Waals surface area contributed by atoms with Gasteiger partial charge in [-0.25, -0.2) is 19.8 Å². The predicted octanol–water partition coefficient (Wildman–Crippen LogP) is 3.19. The molecule has 232 valence electrons. The first-order valence-electron chi connectivity index (χ1n) is 15.0. The Kier molecular flexibility index (Phi) is 8.27. The summed E-state index contributed by atoms with van der Waals surface area (Å²) in [5.41, 5.74) is 3.45. The Labute approximate surface area is 262 Å². The van der Waals surface area contributed by atoms with Crippen LogP contribution < -0.4 is 10.2 Å². The lowest BCUT2D eigenvalue weighted by atomic mass is 9.98. The average molecular weight is 608 g/mol. The Hall–Kier alpha value is -5.16. The number of hydrazine groups is 1. The summed E-state index contributed by atoms with van der Waals surface area (Å²) >= 11 is 0. The molecular formula is C34H37N7O4. The molecule has 2 atom stereocenters. The molecule has 4 aromatic rings. The highest BCUT2D eigenvalue weighted by Gasteiger charge is 2.50. The molecule has 2 saturated heterocycles. The zero-order valence-electron chi connectivity index (χ0n) is 25.6. The number of hydrogen-bond acceptors (Lipinski definition) is 7. The first kappa shape index (κ1) is 29.9. The topological polar surface area (TPSA) is 113 Å². The zero-order valence-corrected chi connectivity index (χ0v) is 25.6. The fourth-order valence-corrected chi connectivity index (χ4v) is 6.22. The Balaban J connectivity index is 1.36. The number of fused-ring (bicyclic) bond motifs is 2. The molecule has 0 spiro atoms. The Morgan fingerprint density at radius 2 is 1.69 bits per heavy atom. The van der Waals surface area contributed by atoms with E-state index in [1.54, 1.807) is 51.1 Å². The molecule has 11 heteroatoms. The third kappa shape index (κ3) is 6.12. The molecule has 2 aliphatic rings. The maximum absolute atomic E-state index is 14.3. The summed E-state index contributed by atoms with van der Waals surface area (Å²) in [7, 11) is 5.55. The van der Waals surface area contributed by atoms with Crippen LogP contribution in [0.4, 0.5) is 10.6 Å². The molecule has 1 unspecified atom stereocenters. The summed E-state index contributed by atoms with van der Waals surface area (Å²) in [4.78, 5) is 51.8. The molecule has 3 aromatic carbocycles. The van der Waals surface area contributed by atoms with Crippen molar-refractivity contribution in [1.29, 1.82) is 0 Å². The molecule has 3 heterocycles. The number of nitrogens with one attached hydrogen (secondary N) is 1. The van der Waals surface area contributed by atoms with Crippen LogP contribution in [0.2, 0.25) is 0 Å². The molecule has 0 saturated carbocycles. The summed E-state index contributed by atoms with van der Waals surface area (Å²) in [6.45, 7) is 0.643. The van der Waals surface area contributed by atoms with Crippen molar-refractivity contribution in [2.24, 2.45) is 0 Å². The van der Waals surface area contributed by atoms with Crippen LogP contribution in [0, 0.1) is 0 Å². The van der Waals surface area contributed by atoms with Gasteiger partial charge in [-0.3, -0.25) is 9.59 Å². The number of pyridine rings is 1. The number of nitrogens with zero attached hydrogens (tertiary/aromatic N) is 6. The van der Waals surface area contributed by atoms with Crippen LogP contribution in [0.5, 0.6) is 5.75 Å². The molecule has 45 heavy (non-hydrogen) atoms. The van der Waals surface area contributed by atoms with Gasteiger partial charge in [0.15, 0.2) is 0 Å². The Morgan fingerprint density at radius 1 is 0.978 bits per heavy atom. The van der Waals surface area contributed by atoms with E-state index in [1.807, 2.05) is 73.6 Å². The van der Waals surface area contributed by atoms with Crippen LogP contribution in [0.3, 0.4) is 0 Å². The van der Waals surface area contributed by atoms with Crippen molar-refractivity contribution in [3.63, 3.8) is 0 Å². The number of rotatable bonds is 7. The lowest BCUT2D eigenvalue weighted by molar-refractivity contribution is -0.187. The van der Waals surface area contributed by atoms with Crippen molar-refractivity contribution in [3.05, 3.63) is 102 Å². The van der Waals surface area contributed by atoms with Crippen molar-refractivity contribution in [2.45, 2.75) is 31.7 Å². The number of benzene rings is 3. The number of anilines is 1. The number of phenols is 1. The van der Waals surface area contributed by atoms with Gasteiger partial charge in [-0.05, 0) is 35.4 Å². The highest BCUT2D eigenvalue weighted by atomic mass is 16.3. The minimum atomic E-state index is -0.852. The smallest absolute Gasteiger partial charge is 0.334 e. The molecule has 2 fully saturated rings. The van der Waals surface area contributed by atoms with Gasteiger partial charge < -0.3 is 25.1 Å². The lowest BCUT2D eigenvalue weighted by Gasteiger charge is -2.54. The number of aromatic hydroxyl groups is 1. The van der Waals surface area contributed by atoms with Crippen molar-refractivity contribution in [1.82, 2.24) is 30.1 Å². The van der Waals surface area contributed by atoms with Crippen LogP contribution in [0.25, 0.3) is 10.9 Å². The quantitative estimate of drug-likeness (QED) is 0.332. The second-order valence-electron chi connectivity index (χ2n) is 11.7. The van der Waals surface area contributed by atoms with Crippen LogP contribution >= 0.6 is 0 Å². The predicted molar refractivity (Wildman–Crippen MR) is 171 cm³/mol. The number of carbonyl (C=O) groups excluding carboxylic acids is 3. The van der Waals surface area contributed by atoms with E-state index in [2.05, 4.69) is 11.4 Å². The lowest BCUT2D eigenvalue weighted by Crippen LogP contribution is -2.76. The van der Waals surface area contributed by atoms with Crippen molar-refractivity contribution in [2.75, 3.05) is 39.1 Å². The SMILES string of the molecule is CN(C)c1nc2ccccc2cc1CN1CC2N(C(=O)CN(C)N2C(=O)NCc2ccccc2)[C@@H](Cc2ccc(O)cc2)C1=O. The van der Waals surface area contributed by atoms with Gasteiger partial charge in [0, 0.05) is 51.6 Å². The highest BCUT2D eigenvalue weighted by Crippen LogP contribution is 2.31. The van der Waals surface area contributed by atoms with Crippen molar-refractivity contribution in [3.8, 4) is 5.75 Å². The van der Waals surface area contributed by atoms with E-state index in [0.29, 0.717) is 6.54 Å². The minimum Gasteiger partial charge on any atom is -0.508 e. The fourth-order valence-electron chi connectivity index (χ4n) is 6.22. The van der Waals surface area contributed by atoms with Crippen molar-refractivity contribution < 1.29 is 19.5 Å². The Bertz CT molecular complexity index is 1710. The number of carbonyl (C=O) groups is 3. The molecule has 2 aliphatic heterocycles. The monoisotopic (exact) mass is 607 g/mol. The van der Waals surface area contributed by atoms with Gasteiger partial charge in [-0.15, -0.1) is 0 Å². The number of phenolic OH excluding ortho intramolecular Hbond substituents is 1. The maximum Gasteiger partial charge on any atom is 0.334 e. The Morgan fingerprint density at radius 3 is 2.42 bits per heavy atom. The minimum absolute atomic E-state index is 0.0476. The van der Waals surface area contributed by atoms with Crippen molar-refractivity contribution >= 4 is 34.6 Å². The summed E-state index contributed by atoms with van der Waals surface area (Å²) in [6, 6.07) is 24.9. The van der Waals surface area contributed by atoms with Crippen LogP contribution in [-0.4, -0.2) is 94.2 Å². The van der Waals surface area contributed by atoms with E-state index in [1.165, 1.54) is 0 Å². The van der Waals surface area contributed by atoms with E-state index < -0.39 is 12.2 Å². The normalized spacial score (nSPS) is 18.7. The number of likely N-dealkylation sites (N-methyl/N-ethyl adjacent to an activating group) is 1. The number of para-hydroxylation sites is 1. The molecular weight excluding hydrogens is 570 g/mol. The number of hydrogen-bond donors (Lipinski definition) is 2. The fraction of sp³-hybridized carbons (Fsp3) is 0.294. The van der Waals surface area contributed by atoms with Gasteiger partial charge in [-0.2, -0.15) is 0 Å². The van der Waals surface area contributed by atoms with E-state index >= 15 is 0 Å². The first-order chi connectivity index (χ1) is 21.7. The highest BCUT2D eigenvalue weighted by molar-refractivity contribution is 5.92. The molecule has 4 amide bonds. The molecule has 0 bridgehead atoms. The average Bonchev–Trinajstić information content (AvgIpc) is 3.03. The summed E-state index contributed by atoms with van der Waals surface area (Å²) < 4.78 is 0. The van der Waals surface area contributed by atoms with E-state index in [0.717, 1.165) is 33.4 Å². The third-order valence-corrected chi connectivity index (χ3v) is 8.36. The van der Waals surface area contributed by atoms with E-state index in [4.69, 9.17) is 4.98 Å². The molecule has 2 N–H and O–H groups in total. The summed E-state index contributed by atoms with van der Waals surface area (Å²) in [6.07, 6.45) is -0.500. The molecule has 0 aliphatic carbocycles. The third-order valence-electron chi connectivity index (χ3n) is 8.36. The molecule has 11 nitrogen and oxygen atoms in total. The molecule has 1 aromatic heterocycles. The summed E-state index contributed by atoms with van der Waals surface area (Å²) in [5.74, 6) is 0.422. The maximum atomic E-state index is 14.3. The number of piperazine rings is 1. The zero-order chi connectivity index (χ0) is 31.7. The van der Waals surface area contributed by atoms with Gasteiger partial charge in [0.25, 0.3) is 0 Å². The van der Waals surface area contributed by atoms with E-state index in [9.17, 15) is 19.5 Å². The van der Waals surface area contributed by atoms with Gasteiger partial charge in [0.1, 0.15) is 23.8 Å². The number of urea groups is 1. The van der Waals surface area contributed by atoms with Crippen LogP contribution in [0.15, 0.2) is 84.9 Å². The number of aromatic nitrogens is 1. The van der Waals surface area contributed by atoms with Crippen LogP contribution in [-0.2, 0) is 29.1 Å². The van der Waals surface area contributed by atoms with Gasteiger partial charge >= 0.3 is 6.03 Å². The van der Waals surface area contributed by atoms with Crippen LogP contribution in [0.1, 0.15) is 16.7 Å². The van der Waals surface area contributed by atoms with Gasteiger partial charge in [0.05, 0.1) is 18.6 Å². The summed E-state index contributed by atoms with van der Waals surface area (Å²) in [5, 5.41) is 17.0. The van der Waals surface area contributed by atoms with Gasteiger partial charge in [0.2, 0.25) is 11.8 Å². The number of amides is 4. The molecule has 6 rings (SSSR count). The second kappa shape index (κ2) is 12.4. The standard InChI is InChI=1S/C34H37N7O4/c1-37(2)32-26(18-25-11-7-8-12-28(25)36-32)20-39-21-30-40(29(33(39)44)17-23-13-15-27(42)16-14-23)31(43)22-38(3)41(30)34(45)35-19-24-9-5-4-6-10-24/h4-16,18,29-30,42H,17,19-22H2,1-3H3,(H,35,45)/t29-,30?/m0/s1.